The number of nitrogens with zero attached hydrogens (tertiary/aromatic N) is 3. The number of fused-ring (bicyclic) bond motifs is 1. The molecule has 0 radical (unpaired) electrons. The van der Waals surface area contributed by atoms with E-state index in [0.29, 0.717) is 11.5 Å². The number of hydrogen-bond donors (Lipinski definition) is 1. The maximum Gasteiger partial charge on any atom is 0.134 e. The summed E-state index contributed by atoms with van der Waals surface area (Å²) in [5.74, 6) is 2.17. The average molecular weight is 350 g/mol. The number of imidazole rings is 1. The average Bonchev–Trinajstić information content (AvgIpc) is 2.99. The van der Waals surface area contributed by atoms with Gasteiger partial charge in [-0.3, -0.25) is 4.90 Å². The predicted octanol–water partition coefficient (Wildman–Crippen LogP) is 3.31. The van der Waals surface area contributed by atoms with Crippen molar-refractivity contribution in [3.63, 3.8) is 0 Å². The molecule has 1 unspecified atom stereocenters. The molecule has 1 spiro atoms. The number of furan rings is 1. The molecule has 0 bridgehead atoms. The van der Waals surface area contributed by atoms with Gasteiger partial charge in [-0.25, -0.2) is 4.98 Å². The van der Waals surface area contributed by atoms with E-state index in [1.807, 2.05) is 24.5 Å². The van der Waals surface area contributed by atoms with Crippen LogP contribution in [0.1, 0.15) is 30.8 Å². The van der Waals surface area contributed by atoms with Crippen LogP contribution in [0.3, 0.4) is 0 Å². The SMILES string of the molecule is Cn1ccnc1CN(Cc1cc2ccccc2o1)C1CC12CCNCC2. The number of piperidine rings is 1. The molecule has 2 aliphatic rings. The Morgan fingerprint density at radius 3 is 2.88 bits per heavy atom. The Hall–Kier alpha value is -2.11. The Bertz CT molecular complexity index is 873. The summed E-state index contributed by atoms with van der Waals surface area (Å²) in [5.41, 5.74) is 1.48. The molecule has 1 saturated carbocycles. The summed E-state index contributed by atoms with van der Waals surface area (Å²) < 4.78 is 8.25. The number of hydrogen-bond acceptors (Lipinski definition) is 4. The number of aromatic nitrogens is 2. The van der Waals surface area contributed by atoms with Gasteiger partial charge in [-0.05, 0) is 49.9 Å². The van der Waals surface area contributed by atoms with Crippen molar-refractivity contribution in [1.82, 2.24) is 19.8 Å². The van der Waals surface area contributed by atoms with Gasteiger partial charge in [-0.15, -0.1) is 0 Å². The van der Waals surface area contributed by atoms with Crippen molar-refractivity contribution < 1.29 is 4.42 Å². The minimum atomic E-state index is 0.502. The Labute approximate surface area is 154 Å². The lowest BCUT2D eigenvalue weighted by atomic mass is 9.93. The molecule has 1 N–H and O–H groups in total. The third-order valence-corrected chi connectivity index (χ3v) is 6.29. The molecule has 1 aromatic carbocycles. The lowest BCUT2D eigenvalue weighted by Gasteiger charge is -2.29. The molecule has 1 aliphatic carbocycles. The number of benzene rings is 1. The van der Waals surface area contributed by atoms with Gasteiger partial charge in [0.05, 0.1) is 13.1 Å². The highest BCUT2D eigenvalue weighted by atomic mass is 16.3. The van der Waals surface area contributed by atoms with Crippen LogP contribution in [-0.2, 0) is 20.1 Å². The molecule has 3 aromatic rings. The van der Waals surface area contributed by atoms with Gasteiger partial charge in [0, 0.05) is 30.9 Å². The van der Waals surface area contributed by atoms with E-state index in [1.54, 1.807) is 0 Å². The summed E-state index contributed by atoms with van der Waals surface area (Å²) in [4.78, 5) is 7.15. The van der Waals surface area contributed by atoms with Crippen LogP contribution in [-0.4, -0.2) is 33.6 Å². The molecule has 1 saturated heterocycles. The smallest absolute Gasteiger partial charge is 0.134 e. The van der Waals surface area contributed by atoms with Gasteiger partial charge in [0.25, 0.3) is 0 Å². The first-order chi connectivity index (χ1) is 12.7. The summed E-state index contributed by atoms with van der Waals surface area (Å²) in [5, 5.41) is 4.70. The van der Waals surface area contributed by atoms with Crippen LogP contribution < -0.4 is 5.32 Å². The molecule has 5 rings (SSSR count). The first-order valence-corrected chi connectivity index (χ1v) is 9.62. The zero-order valence-electron chi connectivity index (χ0n) is 15.3. The molecule has 2 fully saturated rings. The lowest BCUT2D eigenvalue weighted by Crippen LogP contribution is -2.36. The monoisotopic (exact) mass is 350 g/mol. The minimum absolute atomic E-state index is 0.502. The van der Waals surface area contributed by atoms with Gasteiger partial charge in [0.15, 0.2) is 0 Å². The van der Waals surface area contributed by atoms with Gasteiger partial charge in [0.1, 0.15) is 17.2 Å². The van der Waals surface area contributed by atoms with E-state index >= 15 is 0 Å². The highest BCUT2D eigenvalue weighted by Crippen LogP contribution is 2.56. The molecule has 2 aromatic heterocycles. The van der Waals surface area contributed by atoms with Crippen LogP contribution in [0.2, 0.25) is 0 Å². The van der Waals surface area contributed by atoms with Crippen LogP contribution in [0.4, 0.5) is 0 Å². The molecule has 3 heterocycles. The Morgan fingerprint density at radius 1 is 1.27 bits per heavy atom. The maximum atomic E-state index is 6.12. The van der Waals surface area contributed by atoms with E-state index in [9.17, 15) is 0 Å². The van der Waals surface area contributed by atoms with E-state index in [1.165, 1.54) is 24.6 Å². The van der Waals surface area contributed by atoms with Crippen molar-refractivity contribution in [3.05, 3.63) is 54.3 Å². The van der Waals surface area contributed by atoms with Crippen molar-refractivity contribution in [2.24, 2.45) is 12.5 Å². The van der Waals surface area contributed by atoms with Crippen LogP contribution >= 0.6 is 0 Å². The lowest BCUT2D eigenvalue weighted by molar-refractivity contribution is 0.172. The van der Waals surface area contributed by atoms with Gasteiger partial charge < -0.3 is 14.3 Å². The molecule has 136 valence electrons. The van der Waals surface area contributed by atoms with E-state index in [-0.39, 0.29) is 0 Å². The highest BCUT2D eigenvalue weighted by Gasteiger charge is 2.56. The number of para-hydroxylation sites is 1. The van der Waals surface area contributed by atoms with Crippen LogP contribution in [0.25, 0.3) is 11.0 Å². The molecule has 26 heavy (non-hydrogen) atoms. The molecule has 1 aliphatic heterocycles. The fourth-order valence-corrected chi connectivity index (χ4v) is 4.63. The van der Waals surface area contributed by atoms with Crippen molar-refractivity contribution in [1.29, 1.82) is 0 Å². The van der Waals surface area contributed by atoms with Gasteiger partial charge in [0.2, 0.25) is 0 Å². The fourth-order valence-electron chi connectivity index (χ4n) is 4.63. The van der Waals surface area contributed by atoms with Crippen molar-refractivity contribution in [2.45, 2.75) is 38.4 Å². The van der Waals surface area contributed by atoms with Gasteiger partial charge in [-0.2, -0.15) is 0 Å². The zero-order chi connectivity index (χ0) is 17.6. The van der Waals surface area contributed by atoms with E-state index in [4.69, 9.17) is 4.42 Å². The predicted molar refractivity (Wildman–Crippen MR) is 102 cm³/mol. The van der Waals surface area contributed by atoms with Gasteiger partial charge >= 0.3 is 0 Å². The molecule has 0 amide bonds. The third-order valence-electron chi connectivity index (χ3n) is 6.29. The van der Waals surface area contributed by atoms with E-state index in [2.05, 4.69) is 45.0 Å². The summed E-state index contributed by atoms with van der Waals surface area (Å²) in [6.45, 7) is 4.02. The van der Waals surface area contributed by atoms with Crippen LogP contribution in [0, 0.1) is 5.41 Å². The number of rotatable bonds is 5. The topological polar surface area (TPSA) is 46.2 Å². The highest BCUT2D eigenvalue weighted by molar-refractivity contribution is 5.77. The summed E-state index contributed by atoms with van der Waals surface area (Å²) in [7, 11) is 2.08. The van der Waals surface area contributed by atoms with Crippen molar-refractivity contribution in [2.75, 3.05) is 13.1 Å². The van der Waals surface area contributed by atoms with E-state index < -0.39 is 0 Å². The first kappa shape index (κ1) is 16.1. The second-order valence-corrected chi connectivity index (χ2v) is 7.94. The Morgan fingerprint density at radius 2 is 2.12 bits per heavy atom. The Balaban J connectivity index is 1.41. The molecular weight excluding hydrogens is 324 g/mol. The third kappa shape index (κ3) is 2.85. The molecule has 5 heteroatoms. The van der Waals surface area contributed by atoms with Crippen molar-refractivity contribution >= 4 is 11.0 Å². The molecular formula is C21H26N4O. The first-order valence-electron chi connectivity index (χ1n) is 9.62. The fraction of sp³-hybridized carbons (Fsp3) is 0.476. The normalized spacial score (nSPS) is 21.7. The maximum absolute atomic E-state index is 6.12. The second kappa shape index (κ2) is 6.25. The van der Waals surface area contributed by atoms with Crippen molar-refractivity contribution in [3.8, 4) is 0 Å². The van der Waals surface area contributed by atoms with Gasteiger partial charge in [-0.1, -0.05) is 18.2 Å². The molecule has 1 atom stereocenters. The summed E-state index contributed by atoms with van der Waals surface area (Å²) in [6, 6.07) is 11.1. The largest absolute Gasteiger partial charge is 0.460 e. The summed E-state index contributed by atoms with van der Waals surface area (Å²) >= 11 is 0. The van der Waals surface area contributed by atoms with Crippen LogP contribution in [0.15, 0.2) is 47.1 Å². The molecule has 5 nitrogen and oxygen atoms in total. The van der Waals surface area contributed by atoms with E-state index in [0.717, 1.165) is 43.3 Å². The van der Waals surface area contributed by atoms with Crippen LogP contribution in [0.5, 0.6) is 0 Å². The minimum Gasteiger partial charge on any atom is -0.460 e. The zero-order valence-corrected chi connectivity index (χ0v) is 15.3. The number of nitrogens with one attached hydrogen (secondary N) is 1. The Kier molecular flexibility index (Phi) is 3.87. The quantitative estimate of drug-likeness (QED) is 0.767. The summed E-state index contributed by atoms with van der Waals surface area (Å²) in [6.07, 6.45) is 7.80. The second-order valence-electron chi connectivity index (χ2n) is 7.94. The number of aryl methyl sites for hydroxylation is 1. The standard InChI is InChI=1S/C21H26N4O/c1-24-11-10-23-20(24)15-25(19-13-21(19)6-8-22-9-7-21)14-17-12-16-4-2-3-5-18(16)26-17/h2-5,10-12,19,22H,6-9,13-15H2,1H3.